The first-order valence-corrected chi connectivity index (χ1v) is 9.40. The molecule has 3 aliphatic heterocycles. The Morgan fingerprint density at radius 1 is 1.23 bits per heavy atom. The lowest BCUT2D eigenvalue weighted by Crippen LogP contribution is -2.98. The Bertz CT molecular complexity index is 849. The van der Waals surface area contributed by atoms with Crippen molar-refractivity contribution in [1.29, 1.82) is 0 Å². The molecule has 138 valence electrons. The minimum Gasteiger partial charge on any atom is -0.326 e. The molecular weight excluding hydrogens is 330 g/mol. The molecule has 0 bridgehead atoms. The summed E-state index contributed by atoms with van der Waals surface area (Å²) in [6.07, 6.45) is 0.711. The van der Waals surface area contributed by atoms with Gasteiger partial charge in [0.15, 0.2) is 0 Å². The second kappa shape index (κ2) is 5.39. The molecule has 6 heteroatoms. The van der Waals surface area contributed by atoms with Crippen LogP contribution in [0.3, 0.4) is 0 Å². The molecule has 0 radical (unpaired) electrons. The van der Waals surface area contributed by atoms with Crippen molar-refractivity contribution >= 4 is 23.4 Å². The van der Waals surface area contributed by atoms with Gasteiger partial charge in [-0.3, -0.25) is 19.3 Å². The van der Waals surface area contributed by atoms with Crippen LogP contribution in [0.5, 0.6) is 0 Å². The minimum atomic E-state index is -1.04. The van der Waals surface area contributed by atoms with Gasteiger partial charge in [-0.1, -0.05) is 18.6 Å². The summed E-state index contributed by atoms with van der Waals surface area (Å²) < 4.78 is 0. The Morgan fingerprint density at radius 2 is 1.92 bits per heavy atom. The minimum absolute atomic E-state index is 0.122. The van der Waals surface area contributed by atoms with Crippen LogP contribution in [-0.4, -0.2) is 34.7 Å². The first-order chi connectivity index (χ1) is 12.2. The van der Waals surface area contributed by atoms with Crippen LogP contribution in [0, 0.1) is 25.7 Å². The molecule has 0 saturated carbocycles. The highest BCUT2D eigenvalue weighted by Crippen LogP contribution is 2.50. The van der Waals surface area contributed by atoms with Gasteiger partial charge in [0, 0.05) is 11.6 Å². The molecule has 3 N–H and O–H groups in total. The predicted molar refractivity (Wildman–Crippen MR) is 96.2 cm³/mol. The lowest BCUT2D eigenvalue weighted by molar-refractivity contribution is -0.730. The Labute approximate surface area is 153 Å². The maximum atomic E-state index is 13.3. The highest BCUT2D eigenvalue weighted by Gasteiger charge is 2.73. The van der Waals surface area contributed by atoms with E-state index in [4.69, 9.17) is 0 Å². The van der Waals surface area contributed by atoms with Gasteiger partial charge in [0.2, 0.25) is 17.4 Å². The standard InChI is InChI=1S/C20H25N3O3/c1-6-11(4)23-17(24)14-12(5)22-20(15(14)18(23)25)13-8-9(2)7-10(3)16(13)21-19(20)26/h7-8,11-12,14-15,22H,6H2,1-5H3,(H,21,26)/p+1/t11-,12+,14+,15-,20+/m0/s1. The molecule has 0 aromatic heterocycles. The monoisotopic (exact) mass is 356 g/mol. The van der Waals surface area contributed by atoms with E-state index in [-0.39, 0.29) is 29.8 Å². The zero-order valence-corrected chi connectivity index (χ0v) is 15.9. The van der Waals surface area contributed by atoms with E-state index in [1.54, 1.807) is 0 Å². The summed E-state index contributed by atoms with van der Waals surface area (Å²) in [5.41, 5.74) is 2.66. The number of hydrogen-bond donors (Lipinski definition) is 2. The number of rotatable bonds is 2. The van der Waals surface area contributed by atoms with E-state index < -0.39 is 17.4 Å². The van der Waals surface area contributed by atoms with E-state index in [1.165, 1.54) is 4.90 Å². The lowest BCUT2D eigenvalue weighted by Gasteiger charge is -2.28. The summed E-state index contributed by atoms with van der Waals surface area (Å²) in [4.78, 5) is 41.0. The maximum Gasteiger partial charge on any atom is 0.291 e. The molecule has 1 aromatic carbocycles. The summed E-state index contributed by atoms with van der Waals surface area (Å²) in [6, 6.07) is 3.76. The third kappa shape index (κ3) is 1.88. The molecule has 1 aromatic rings. The fourth-order valence-electron chi connectivity index (χ4n) is 5.23. The van der Waals surface area contributed by atoms with Crippen LogP contribution >= 0.6 is 0 Å². The Balaban J connectivity index is 1.91. The smallest absolute Gasteiger partial charge is 0.291 e. The fourth-order valence-corrected chi connectivity index (χ4v) is 5.23. The Morgan fingerprint density at radius 3 is 2.58 bits per heavy atom. The normalized spacial score (nSPS) is 33.7. The molecule has 0 aliphatic carbocycles. The van der Waals surface area contributed by atoms with Crippen LogP contribution in [-0.2, 0) is 19.9 Å². The van der Waals surface area contributed by atoms with Gasteiger partial charge in [-0.25, -0.2) is 0 Å². The van der Waals surface area contributed by atoms with E-state index in [0.717, 1.165) is 22.4 Å². The fraction of sp³-hybridized carbons (Fsp3) is 0.550. The van der Waals surface area contributed by atoms with Crippen LogP contribution < -0.4 is 10.6 Å². The van der Waals surface area contributed by atoms with Gasteiger partial charge < -0.3 is 10.6 Å². The number of fused-ring (bicyclic) bond motifs is 4. The van der Waals surface area contributed by atoms with Crippen LogP contribution in [0.4, 0.5) is 5.69 Å². The van der Waals surface area contributed by atoms with Gasteiger partial charge in [-0.05, 0) is 45.7 Å². The zero-order valence-electron chi connectivity index (χ0n) is 15.9. The Kier molecular flexibility index (Phi) is 3.57. The molecule has 2 fully saturated rings. The Hall–Kier alpha value is -2.21. The van der Waals surface area contributed by atoms with Gasteiger partial charge in [0.25, 0.3) is 5.91 Å². The van der Waals surface area contributed by atoms with E-state index >= 15 is 0 Å². The van der Waals surface area contributed by atoms with Crippen molar-refractivity contribution in [3.05, 3.63) is 28.8 Å². The van der Waals surface area contributed by atoms with E-state index in [2.05, 4.69) is 5.32 Å². The van der Waals surface area contributed by atoms with Gasteiger partial charge in [0.05, 0.1) is 11.7 Å². The number of nitrogens with one attached hydrogen (secondary N) is 1. The number of carbonyl (C=O) groups is 3. The molecule has 3 heterocycles. The summed E-state index contributed by atoms with van der Waals surface area (Å²) >= 11 is 0. The van der Waals surface area contributed by atoms with E-state index in [0.29, 0.717) is 6.42 Å². The number of anilines is 1. The molecular formula is C20H26N3O3+. The van der Waals surface area contributed by atoms with Crippen molar-refractivity contribution in [2.24, 2.45) is 11.8 Å². The first kappa shape index (κ1) is 17.2. The van der Waals surface area contributed by atoms with E-state index in [1.807, 2.05) is 52.1 Å². The summed E-state index contributed by atoms with van der Waals surface area (Å²) in [5.74, 6) is -1.58. The number of benzene rings is 1. The summed E-state index contributed by atoms with van der Waals surface area (Å²) in [7, 11) is 0. The number of likely N-dealkylation sites (tertiary alicyclic amines) is 1. The van der Waals surface area contributed by atoms with E-state index in [9.17, 15) is 14.4 Å². The van der Waals surface area contributed by atoms with Crippen LogP contribution in [0.2, 0.25) is 0 Å². The summed E-state index contributed by atoms with van der Waals surface area (Å²) in [6.45, 7) is 9.77. The van der Waals surface area contributed by atoms with Gasteiger partial charge in [-0.2, -0.15) is 0 Å². The number of amides is 3. The van der Waals surface area contributed by atoms with Crippen LogP contribution in [0.1, 0.15) is 43.9 Å². The number of nitrogens with zero attached hydrogens (tertiary/aromatic N) is 1. The van der Waals surface area contributed by atoms with Crippen molar-refractivity contribution in [3.8, 4) is 0 Å². The lowest BCUT2D eigenvalue weighted by atomic mass is 9.76. The molecule has 5 atom stereocenters. The van der Waals surface area contributed by atoms with Crippen LogP contribution in [0.25, 0.3) is 0 Å². The number of hydrogen-bond acceptors (Lipinski definition) is 3. The number of nitrogens with two attached hydrogens (primary N) is 1. The highest BCUT2D eigenvalue weighted by molar-refractivity contribution is 6.14. The average molecular weight is 356 g/mol. The van der Waals surface area contributed by atoms with Gasteiger partial charge in [0.1, 0.15) is 11.8 Å². The molecule has 0 unspecified atom stereocenters. The number of carbonyl (C=O) groups excluding carboxylic acids is 3. The quantitative estimate of drug-likeness (QED) is 0.770. The molecule has 1 spiro atoms. The van der Waals surface area contributed by atoms with Crippen molar-refractivity contribution < 1.29 is 19.7 Å². The first-order valence-electron chi connectivity index (χ1n) is 9.40. The molecule has 2 saturated heterocycles. The molecule has 6 nitrogen and oxygen atoms in total. The third-order valence-corrected chi connectivity index (χ3v) is 6.54. The maximum absolute atomic E-state index is 13.3. The number of aryl methyl sites for hydroxylation is 2. The number of imide groups is 1. The van der Waals surface area contributed by atoms with Gasteiger partial charge in [-0.15, -0.1) is 0 Å². The van der Waals surface area contributed by atoms with Crippen molar-refractivity contribution in [1.82, 2.24) is 4.90 Å². The molecule has 4 rings (SSSR count). The topological polar surface area (TPSA) is 83.1 Å². The molecule has 3 aliphatic rings. The second-order valence-electron chi connectivity index (χ2n) is 8.16. The molecule has 26 heavy (non-hydrogen) atoms. The highest BCUT2D eigenvalue weighted by atomic mass is 16.2. The molecule has 3 amide bonds. The number of quaternary nitrogens is 1. The largest absolute Gasteiger partial charge is 0.326 e. The van der Waals surface area contributed by atoms with Gasteiger partial charge >= 0.3 is 0 Å². The SMILES string of the molecule is CC[C@H](C)N1C(=O)[C@H]2[C@@H](C1=O)[C@@]1([NH2+][C@@H]2C)C(=O)Nc2c(C)cc(C)cc21. The van der Waals surface area contributed by atoms with Crippen LogP contribution in [0.15, 0.2) is 12.1 Å². The van der Waals surface area contributed by atoms with Crippen molar-refractivity contribution in [2.45, 2.75) is 58.7 Å². The average Bonchev–Trinajstić information content (AvgIpc) is 3.13. The summed E-state index contributed by atoms with van der Waals surface area (Å²) in [5, 5.41) is 4.95. The van der Waals surface area contributed by atoms with Crippen molar-refractivity contribution in [2.75, 3.05) is 5.32 Å². The second-order valence-corrected chi connectivity index (χ2v) is 8.16. The van der Waals surface area contributed by atoms with Crippen molar-refractivity contribution in [3.63, 3.8) is 0 Å². The zero-order chi connectivity index (χ0) is 19.0. The predicted octanol–water partition coefficient (Wildman–Crippen LogP) is 0.816. The third-order valence-electron chi connectivity index (χ3n) is 6.54.